The van der Waals surface area contributed by atoms with E-state index in [1.54, 1.807) is 0 Å². The fraction of sp³-hybridized carbons (Fsp3) is 0.538. The predicted octanol–water partition coefficient (Wildman–Crippen LogP) is -1.38. The van der Waals surface area contributed by atoms with Gasteiger partial charge in [-0.15, -0.1) is 5.10 Å². The number of primary amides is 1. The van der Waals surface area contributed by atoms with Crippen molar-refractivity contribution in [3.63, 3.8) is 0 Å². The second-order valence-corrected chi connectivity index (χ2v) is 5.83. The van der Waals surface area contributed by atoms with Gasteiger partial charge in [-0.25, -0.2) is 0 Å². The maximum absolute atomic E-state index is 12.8. The van der Waals surface area contributed by atoms with Gasteiger partial charge in [-0.3, -0.25) is 14.4 Å². The van der Waals surface area contributed by atoms with Crippen LogP contribution < -0.4 is 11.3 Å². The minimum atomic E-state index is -0.837. The van der Waals surface area contributed by atoms with Crippen molar-refractivity contribution < 1.29 is 24.0 Å². The smallest absolute Gasteiger partial charge is 0.418 e. The Morgan fingerprint density at radius 2 is 2.19 bits per heavy atom. The van der Waals surface area contributed by atoms with Crippen molar-refractivity contribution >= 4 is 28.7 Å². The van der Waals surface area contributed by atoms with Crippen LogP contribution in [0.4, 0.5) is 5.82 Å². The number of carbonyl (C=O) groups is 2. The first kappa shape index (κ1) is 18.4. The van der Waals surface area contributed by atoms with E-state index in [4.69, 9.17) is 15.2 Å². The zero-order chi connectivity index (χ0) is 19.7. The molecule has 3 rings (SSSR count). The van der Waals surface area contributed by atoms with Crippen LogP contribution in [-0.4, -0.2) is 54.3 Å². The van der Waals surface area contributed by atoms with Crippen LogP contribution in [0.2, 0.25) is 0 Å². The fourth-order valence-electron chi connectivity index (χ4n) is 2.76. The summed E-state index contributed by atoms with van der Waals surface area (Å²) >= 11 is 0. The molecule has 1 fully saturated rings. The van der Waals surface area contributed by atoms with E-state index in [1.807, 2.05) is 0 Å². The number of fused-ring (bicyclic) bond motifs is 1. The molecule has 0 saturated carbocycles. The quantitative estimate of drug-likeness (QED) is 0.355. The van der Waals surface area contributed by atoms with E-state index >= 15 is 0 Å². The highest BCUT2D eigenvalue weighted by Gasteiger charge is 2.33. The Kier molecular flexibility index (Phi) is 4.81. The summed E-state index contributed by atoms with van der Waals surface area (Å²) in [5, 5.41) is 22.1. The first-order valence-electron chi connectivity index (χ1n) is 7.85. The summed E-state index contributed by atoms with van der Waals surface area (Å²) in [5.41, 5.74) is 3.72. The normalized spacial score (nSPS) is 19.3. The maximum atomic E-state index is 12.8. The van der Waals surface area contributed by atoms with Crippen molar-refractivity contribution in [2.24, 2.45) is 5.73 Å². The van der Waals surface area contributed by atoms with Gasteiger partial charge in [-0.1, -0.05) is 5.21 Å². The highest BCUT2D eigenvalue weighted by atomic mass is 16.6. The van der Waals surface area contributed by atoms with Gasteiger partial charge in [0.2, 0.25) is 11.4 Å². The third kappa shape index (κ3) is 3.59. The van der Waals surface area contributed by atoms with E-state index in [9.17, 15) is 24.5 Å². The second kappa shape index (κ2) is 7.06. The van der Waals surface area contributed by atoms with E-state index < -0.39 is 47.1 Å². The Bertz CT molecular complexity index is 981. The Morgan fingerprint density at radius 1 is 1.44 bits per heavy atom. The summed E-state index contributed by atoms with van der Waals surface area (Å²) in [6, 6.07) is 0. The molecule has 2 N–H and O–H groups in total. The first-order valence-corrected chi connectivity index (χ1v) is 7.85. The molecule has 3 heterocycles. The molecule has 0 radical (unpaired) electrons. The van der Waals surface area contributed by atoms with Crippen LogP contribution in [0.25, 0.3) is 11.0 Å². The second-order valence-electron chi connectivity index (χ2n) is 5.83. The van der Waals surface area contributed by atoms with Crippen LogP contribution in [0.5, 0.6) is 0 Å². The summed E-state index contributed by atoms with van der Waals surface area (Å²) in [6.45, 7) is 0.760. The van der Waals surface area contributed by atoms with Crippen LogP contribution >= 0.6 is 0 Å². The zero-order valence-corrected chi connectivity index (χ0v) is 14.1. The van der Waals surface area contributed by atoms with Crippen molar-refractivity contribution in [2.75, 3.05) is 6.61 Å². The molecule has 1 aliphatic rings. The van der Waals surface area contributed by atoms with Crippen LogP contribution in [-0.2, 0) is 25.6 Å². The molecule has 2 aromatic heterocycles. The van der Waals surface area contributed by atoms with E-state index in [2.05, 4.69) is 15.4 Å². The Hall–Kier alpha value is -3.42. The molecule has 2 atom stereocenters. The van der Waals surface area contributed by atoms with E-state index in [-0.39, 0.29) is 17.6 Å². The molecule has 14 nitrogen and oxygen atoms in total. The van der Waals surface area contributed by atoms with Crippen molar-refractivity contribution in [3.8, 4) is 0 Å². The number of nitrogens with zero attached hydrogens (tertiary/aromatic N) is 6. The molecule has 27 heavy (non-hydrogen) atoms. The highest BCUT2D eigenvalue weighted by Crippen LogP contribution is 2.27. The summed E-state index contributed by atoms with van der Waals surface area (Å²) in [4.78, 5) is 45.1. The van der Waals surface area contributed by atoms with E-state index in [0.717, 1.165) is 9.36 Å². The van der Waals surface area contributed by atoms with Gasteiger partial charge in [-0.05, 0) is 17.8 Å². The molecule has 1 amide bonds. The SMILES string of the molecule is CC(=O)OCC1CCC(n2nnc3c([N+](=O)[O-])nn(CC(N)=O)c3c2=O)O1. The van der Waals surface area contributed by atoms with Gasteiger partial charge >= 0.3 is 17.3 Å². The molecule has 2 unspecified atom stereocenters. The largest absolute Gasteiger partial charge is 0.463 e. The third-order valence-electron chi connectivity index (χ3n) is 3.87. The summed E-state index contributed by atoms with van der Waals surface area (Å²) in [6.07, 6.45) is -0.331. The van der Waals surface area contributed by atoms with Crippen LogP contribution in [0, 0.1) is 10.1 Å². The molecule has 14 heteroatoms. The lowest BCUT2D eigenvalue weighted by atomic mass is 10.2. The lowest BCUT2D eigenvalue weighted by Crippen LogP contribution is -2.31. The molecule has 1 aliphatic heterocycles. The predicted molar refractivity (Wildman–Crippen MR) is 85.2 cm³/mol. The van der Waals surface area contributed by atoms with E-state index in [0.29, 0.717) is 12.8 Å². The van der Waals surface area contributed by atoms with Gasteiger partial charge in [0.25, 0.3) is 0 Å². The average Bonchev–Trinajstić information content (AvgIpc) is 3.18. The van der Waals surface area contributed by atoms with Crippen molar-refractivity contribution in [3.05, 3.63) is 20.5 Å². The van der Waals surface area contributed by atoms with Gasteiger partial charge in [0.05, 0.1) is 11.2 Å². The number of ether oxygens (including phenoxy) is 2. The fourth-order valence-corrected chi connectivity index (χ4v) is 2.76. The Balaban J connectivity index is 1.97. The van der Waals surface area contributed by atoms with Gasteiger partial charge in [0, 0.05) is 6.92 Å². The van der Waals surface area contributed by atoms with Gasteiger partial charge in [-0.2, -0.15) is 9.36 Å². The van der Waals surface area contributed by atoms with Crippen LogP contribution in [0.3, 0.4) is 0 Å². The number of carbonyl (C=O) groups excluding carboxylic acids is 2. The van der Waals surface area contributed by atoms with Crippen LogP contribution in [0.15, 0.2) is 4.79 Å². The number of nitro groups is 1. The monoisotopic (exact) mass is 381 g/mol. The van der Waals surface area contributed by atoms with Gasteiger partial charge < -0.3 is 25.3 Å². The summed E-state index contributed by atoms with van der Waals surface area (Å²) in [5.74, 6) is -2.00. The molecular formula is C13H15N7O7. The first-order chi connectivity index (χ1) is 12.8. The lowest BCUT2D eigenvalue weighted by molar-refractivity contribution is -0.388. The standard InChI is InChI=1S/C13H15N7O7/c1-6(21)26-5-7-2-3-9(27-7)19-13(23)11-10(15-17-19)12(20(24)25)16-18(11)4-8(14)22/h7,9H,2-5H2,1H3,(H2,14,22). The minimum absolute atomic E-state index is 0.0291. The van der Waals surface area contributed by atoms with Crippen molar-refractivity contribution in [2.45, 2.75) is 38.6 Å². The zero-order valence-electron chi connectivity index (χ0n) is 14.1. The van der Waals surface area contributed by atoms with Gasteiger partial charge in [0.15, 0.2) is 11.7 Å². The van der Waals surface area contributed by atoms with Crippen molar-refractivity contribution in [1.29, 1.82) is 0 Å². The molecule has 144 valence electrons. The number of hydrogen-bond donors (Lipinski definition) is 1. The molecule has 0 aliphatic carbocycles. The number of esters is 1. The molecule has 0 bridgehead atoms. The topological polar surface area (TPSA) is 187 Å². The molecule has 2 aromatic rings. The lowest BCUT2D eigenvalue weighted by Gasteiger charge is -2.14. The number of hydrogen-bond acceptors (Lipinski definition) is 10. The van der Waals surface area contributed by atoms with Crippen LogP contribution in [0.1, 0.15) is 26.0 Å². The number of nitrogens with two attached hydrogens (primary N) is 1. The summed E-state index contributed by atoms with van der Waals surface area (Å²) < 4.78 is 12.2. The summed E-state index contributed by atoms with van der Waals surface area (Å²) in [7, 11) is 0. The number of rotatable bonds is 6. The minimum Gasteiger partial charge on any atom is -0.463 e. The third-order valence-corrected chi connectivity index (χ3v) is 3.87. The molecule has 0 spiro atoms. The van der Waals surface area contributed by atoms with Gasteiger partial charge in [0.1, 0.15) is 13.2 Å². The number of amides is 1. The molecule has 0 aromatic carbocycles. The average molecular weight is 381 g/mol. The Morgan fingerprint density at radius 3 is 2.81 bits per heavy atom. The molecular weight excluding hydrogens is 366 g/mol. The molecule has 1 saturated heterocycles. The van der Waals surface area contributed by atoms with E-state index in [1.165, 1.54) is 6.92 Å². The number of aromatic nitrogens is 5. The highest BCUT2D eigenvalue weighted by molar-refractivity contribution is 5.83. The maximum Gasteiger partial charge on any atom is 0.418 e. The Labute approximate surface area is 150 Å². The van der Waals surface area contributed by atoms with Crippen molar-refractivity contribution in [1.82, 2.24) is 24.8 Å².